The van der Waals surface area contributed by atoms with E-state index in [1.54, 1.807) is 0 Å². The van der Waals surface area contributed by atoms with E-state index in [0.717, 1.165) is 0 Å². The third-order valence-electron chi connectivity index (χ3n) is 1.79. The van der Waals surface area contributed by atoms with Gasteiger partial charge in [0, 0.05) is 0 Å². The molecule has 1 unspecified atom stereocenters. The van der Waals surface area contributed by atoms with Crippen molar-refractivity contribution in [3.63, 3.8) is 0 Å². The molecule has 0 spiro atoms. The molecule has 0 rings (SSSR count). The molecule has 0 fully saturated rings. The van der Waals surface area contributed by atoms with Gasteiger partial charge in [-0.05, 0) is 6.92 Å². The Morgan fingerprint density at radius 2 is 1.29 bits per heavy atom. The SMILES string of the molecule is CC(COS(=O)(=O)C(F)(F)CF)OS(=O)(=O)C(F)(F)CF. The van der Waals surface area contributed by atoms with E-state index < -0.39 is 56.8 Å². The van der Waals surface area contributed by atoms with Crippen molar-refractivity contribution < 1.29 is 51.5 Å². The van der Waals surface area contributed by atoms with Gasteiger partial charge in [-0.2, -0.15) is 34.4 Å². The van der Waals surface area contributed by atoms with Crippen LogP contribution in [0.15, 0.2) is 0 Å². The van der Waals surface area contributed by atoms with Crippen molar-refractivity contribution in [3.8, 4) is 0 Å². The summed E-state index contributed by atoms with van der Waals surface area (Å²) in [6.45, 7) is -5.97. The molecule has 0 aromatic carbocycles. The Morgan fingerprint density at radius 1 is 0.905 bits per heavy atom. The van der Waals surface area contributed by atoms with Crippen LogP contribution >= 0.6 is 0 Å². The first kappa shape index (κ1) is 20.4. The maximum absolute atomic E-state index is 12.6. The average Bonchev–Trinajstić information content (AvgIpc) is 2.35. The molecule has 1 atom stereocenters. The second kappa shape index (κ2) is 6.66. The van der Waals surface area contributed by atoms with E-state index in [2.05, 4.69) is 8.37 Å². The first-order valence-corrected chi connectivity index (χ1v) is 7.73. The van der Waals surface area contributed by atoms with Crippen LogP contribution in [0, 0.1) is 0 Å². The topological polar surface area (TPSA) is 86.7 Å². The summed E-state index contributed by atoms with van der Waals surface area (Å²) >= 11 is 0. The van der Waals surface area contributed by atoms with Crippen molar-refractivity contribution in [2.45, 2.75) is 23.5 Å². The van der Waals surface area contributed by atoms with Gasteiger partial charge in [-0.1, -0.05) is 0 Å². The van der Waals surface area contributed by atoms with Crippen LogP contribution < -0.4 is 0 Å². The Bertz CT molecular complexity index is 544. The van der Waals surface area contributed by atoms with Crippen molar-refractivity contribution in [3.05, 3.63) is 0 Å². The molecule has 0 heterocycles. The lowest BCUT2D eigenvalue weighted by Crippen LogP contribution is -2.38. The number of halogens is 6. The molecular weight excluding hydrogens is 358 g/mol. The predicted molar refractivity (Wildman–Crippen MR) is 56.2 cm³/mol. The lowest BCUT2D eigenvalue weighted by molar-refractivity contribution is 0.0293. The summed E-state index contributed by atoms with van der Waals surface area (Å²) in [6, 6.07) is 0. The van der Waals surface area contributed by atoms with E-state index in [4.69, 9.17) is 0 Å². The first-order valence-electron chi connectivity index (χ1n) is 4.92. The smallest absolute Gasteiger partial charge is 0.263 e. The lowest BCUT2D eigenvalue weighted by atomic mass is 10.5. The number of alkyl halides is 6. The molecule has 0 aliphatic rings. The van der Waals surface area contributed by atoms with Crippen LogP contribution in [0.25, 0.3) is 0 Å². The Balaban J connectivity index is 4.80. The molecular formula is C7H10F6O6S2. The highest BCUT2D eigenvalue weighted by Crippen LogP contribution is 2.26. The van der Waals surface area contributed by atoms with Gasteiger partial charge in [0.2, 0.25) is 0 Å². The van der Waals surface area contributed by atoms with Gasteiger partial charge in [-0.3, -0.25) is 8.37 Å². The Kier molecular flexibility index (Phi) is 6.47. The minimum atomic E-state index is -5.76. The van der Waals surface area contributed by atoms with Gasteiger partial charge >= 0.3 is 30.7 Å². The maximum atomic E-state index is 12.6. The average molecular weight is 368 g/mol. The van der Waals surface area contributed by atoms with E-state index in [1.807, 2.05) is 0 Å². The van der Waals surface area contributed by atoms with Crippen LogP contribution in [0.4, 0.5) is 26.3 Å². The molecule has 0 aliphatic heterocycles. The van der Waals surface area contributed by atoms with E-state index in [1.165, 1.54) is 0 Å². The molecule has 0 saturated carbocycles. The molecule has 6 nitrogen and oxygen atoms in total. The summed E-state index contributed by atoms with van der Waals surface area (Å²) < 4.78 is 124. The molecule has 0 radical (unpaired) electrons. The van der Waals surface area contributed by atoms with E-state index in [-0.39, 0.29) is 0 Å². The molecule has 0 N–H and O–H groups in total. The van der Waals surface area contributed by atoms with Crippen LogP contribution in [0.1, 0.15) is 6.92 Å². The monoisotopic (exact) mass is 368 g/mol. The molecule has 0 bridgehead atoms. The minimum Gasteiger partial charge on any atom is -0.263 e. The maximum Gasteiger partial charge on any atom is 0.397 e. The fraction of sp³-hybridized carbons (Fsp3) is 1.00. The second-order valence-corrected chi connectivity index (χ2v) is 7.08. The largest absolute Gasteiger partial charge is 0.397 e. The second-order valence-electron chi connectivity index (χ2n) is 3.64. The highest BCUT2D eigenvalue weighted by molar-refractivity contribution is 7.88. The van der Waals surface area contributed by atoms with Crippen molar-refractivity contribution in [2.24, 2.45) is 0 Å². The number of hydrogen-bond donors (Lipinski definition) is 0. The summed E-state index contributed by atoms with van der Waals surface area (Å²) in [5.41, 5.74) is 0. The molecule has 128 valence electrons. The van der Waals surface area contributed by atoms with Gasteiger partial charge in [-0.25, -0.2) is 8.78 Å². The van der Waals surface area contributed by atoms with E-state index >= 15 is 0 Å². The van der Waals surface area contributed by atoms with Crippen LogP contribution in [0.2, 0.25) is 0 Å². The van der Waals surface area contributed by atoms with Gasteiger partial charge in [0.1, 0.15) is 0 Å². The number of hydrogen-bond acceptors (Lipinski definition) is 6. The Morgan fingerprint density at radius 3 is 1.67 bits per heavy atom. The zero-order valence-corrected chi connectivity index (χ0v) is 11.9. The van der Waals surface area contributed by atoms with Crippen LogP contribution in [0.5, 0.6) is 0 Å². The van der Waals surface area contributed by atoms with Gasteiger partial charge in [-0.15, -0.1) is 0 Å². The summed E-state index contributed by atoms with van der Waals surface area (Å²) in [6.07, 6.45) is -1.97. The van der Waals surface area contributed by atoms with E-state index in [0.29, 0.717) is 6.92 Å². The van der Waals surface area contributed by atoms with Gasteiger partial charge in [0.05, 0.1) is 12.7 Å². The lowest BCUT2D eigenvalue weighted by Gasteiger charge is -2.18. The highest BCUT2D eigenvalue weighted by Gasteiger charge is 2.49. The van der Waals surface area contributed by atoms with Crippen molar-refractivity contribution in [1.82, 2.24) is 0 Å². The number of rotatable bonds is 9. The van der Waals surface area contributed by atoms with Gasteiger partial charge in [0.25, 0.3) is 0 Å². The molecule has 0 aromatic heterocycles. The summed E-state index contributed by atoms with van der Waals surface area (Å²) in [5.74, 6) is 0. The standard InChI is InChI=1S/C7H10F6O6S2/c1-5(19-21(16,17)7(12,13)4-9)2-18-20(14,15)6(10,11)3-8/h5H,2-4H2,1H3. The third kappa shape index (κ3) is 4.96. The molecule has 14 heteroatoms. The van der Waals surface area contributed by atoms with Crippen LogP contribution in [-0.4, -0.2) is 53.4 Å². The fourth-order valence-electron chi connectivity index (χ4n) is 0.720. The summed E-state index contributed by atoms with van der Waals surface area (Å²) in [5, 5.41) is -9.79. The van der Waals surface area contributed by atoms with Gasteiger partial charge in [0.15, 0.2) is 13.3 Å². The molecule has 0 aromatic rings. The molecule has 0 aliphatic carbocycles. The highest BCUT2D eigenvalue weighted by atomic mass is 32.2. The third-order valence-corrected chi connectivity index (χ3v) is 4.50. The predicted octanol–water partition coefficient (Wildman–Crippen LogP) is 1.19. The van der Waals surface area contributed by atoms with Crippen molar-refractivity contribution in [2.75, 3.05) is 20.0 Å². The van der Waals surface area contributed by atoms with Crippen LogP contribution in [0.3, 0.4) is 0 Å². The molecule has 21 heavy (non-hydrogen) atoms. The Hall–Kier alpha value is -0.600. The first-order chi connectivity index (χ1) is 9.22. The van der Waals surface area contributed by atoms with Crippen molar-refractivity contribution in [1.29, 1.82) is 0 Å². The summed E-state index contributed by atoms with van der Waals surface area (Å²) in [7, 11) is -11.5. The van der Waals surface area contributed by atoms with Crippen LogP contribution in [-0.2, 0) is 28.6 Å². The molecule has 0 saturated heterocycles. The summed E-state index contributed by atoms with van der Waals surface area (Å²) in [4.78, 5) is 0. The Labute approximate surface area is 116 Å². The zero-order valence-electron chi connectivity index (χ0n) is 10.2. The fourth-order valence-corrected chi connectivity index (χ4v) is 2.16. The molecule has 0 amide bonds. The van der Waals surface area contributed by atoms with Gasteiger partial charge < -0.3 is 0 Å². The minimum absolute atomic E-state index is 0.676. The normalized spacial score (nSPS) is 16.0. The quantitative estimate of drug-likeness (QED) is 0.449. The zero-order chi connectivity index (χ0) is 17.1. The van der Waals surface area contributed by atoms with Crippen molar-refractivity contribution >= 4 is 20.2 Å². The van der Waals surface area contributed by atoms with E-state index in [9.17, 15) is 43.2 Å².